The highest BCUT2D eigenvalue weighted by molar-refractivity contribution is 5.95. The van der Waals surface area contributed by atoms with E-state index < -0.39 is 17.8 Å². The van der Waals surface area contributed by atoms with Crippen LogP contribution in [0.2, 0.25) is 0 Å². The molecule has 0 saturated heterocycles. The highest BCUT2D eigenvalue weighted by Gasteiger charge is 2.39. The van der Waals surface area contributed by atoms with Crippen molar-refractivity contribution in [3.8, 4) is 0 Å². The van der Waals surface area contributed by atoms with Gasteiger partial charge in [0.15, 0.2) is 0 Å². The first-order valence-corrected chi connectivity index (χ1v) is 7.64. The van der Waals surface area contributed by atoms with Crippen molar-refractivity contribution in [2.75, 3.05) is 18.0 Å². The van der Waals surface area contributed by atoms with Gasteiger partial charge in [0.2, 0.25) is 0 Å². The van der Waals surface area contributed by atoms with Crippen LogP contribution >= 0.6 is 0 Å². The highest BCUT2D eigenvalue weighted by atomic mass is 19.4. The highest BCUT2D eigenvalue weighted by Crippen LogP contribution is 2.41. The SMILES string of the molecule is O=C(NCCn1ncccc1=O)N1CCc2cccc(C(F)(F)F)c21. The molecule has 2 heterocycles. The molecule has 0 unspecified atom stereocenters. The molecule has 1 N–H and O–H groups in total. The fraction of sp³-hybridized carbons (Fsp3) is 0.312. The number of aromatic nitrogens is 2. The van der Waals surface area contributed by atoms with Gasteiger partial charge in [-0.25, -0.2) is 9.48 Å². The molecule has 6 nitrogen and oxygen atoms in total. The summed E-state index contributed by atoms with van der Waals surface area (Å²) in [6.07, 6.45) is -2.72. The van der Waals surface area contributed by atoms with Gasteiger partial charge >= 0.3 is 12.2 Å². The van der Waals surface area contributed by atoms with Crippen molar-refractivity contribution in [2.45, 2.75) is 19.1 Å². The van der Waals surface area contributed by atoms with E-state index in [0.717, 1.165) is 11.0 Å². The summed E-state index contributed by atoms with van der Waals surface area (Å²) in [5, 5.41) is 6.39. The topological polar surface area (TPSA) is 67.2 Å². The molecule has 0 bridgehead atoms. The molecule has 0 saturated carbocycles. The quantitative estimate of drug-likeness (QED) is 0.919. The first-order valence-electron chi connectivity index (χ1n) is 7.64. The van der Waals surface area contributed by atoms with Crippen LogP contribution < -0.4 is 15.8 Å². The van der Waals surface area contributed by atoms with Gasteiger partial charge in [-0.1, -0.05) is 12.1 Å². The lowest BCUT2D eigenvalue weighted by molar-refractivity contribution is -0.137. The molecule has 0 spiro atoms. The lowest BCUT2D eigenvalue weighted by Crippen LogP contribution is -2.41. The maximum absolute atomic E-state index is 13.2. The predicted octanol–water partition coefficient (Wildman–Crippen LogP) is 2.03. The Morgan fingerprint density at radius 2 is 2.04 bits per heavy atom. The molecule has 3 rings (SSSR count). The number of anilines is 1. The number of fused-ring (bicyclic) bond motifs is 1. The molecule has 2 aromatic rings. The first kappa shape index (κ1) is 17.0. The summed E-state index contributed by atoms with van der Waals surface area (Å²) in [5.74, 6) is 0. The Labute approximate surface area is 140 Å². The van der Waals surface area contributed by atoms with E-state index in [1.165, 1.54) is 29.1 Å². The largest absolute Gasteiger partial charge is 0.418 e. The van der Waals surface area contributed by atoms with Crippen LogP contribution in [0.4, 0.5) is 23.7 Å². The number of para-hydroxylation sites is 1. The van der Waals surface area contributed by atoms with Gasteiger partial charge in [0.25, 0.3) is 5.56 Å². The van der Waals surface area contributed by atoms with Crippen molar-refractivity contribution in [3.05, 3.63) is 58.0 Å². The second-order valence-electron chi connectivity index (χ2n) is 5.53. The van der Waals surface area contributed by atoms with Crippen LogP contribution in [0.25, 0.3) is 0 Å². The molecular formula is C16H15F3N4O2. The van der Waals surface area contributed by atoms with Gasteiger partial charge in [-0.2, -0.15) is 18.3 Å². The van der Waals surface area contributed by atoms with Crippen molar-refractivity contribution < 1.29 is 18.0 Å². The number of hydrogen-bond donors (Lipinski definition) is 1. The van der Waals surface area contributed by atoms with Crippen molar-refractivity contribution in [2.24, 2.45) is 0 Å². The molecule has 132 valence electrons. The Hall–Kier alpha value is -2.84. The molecule has 0 atom stereocenters. The number of rotatable bonds is 3. The van der Waals surface area contributed by atoms with E-state index in [9.17, 15) is 22.8 Å². The Kier molecular flexibility index (Phi) is 4.47. The maximum Gasteiger partial charge on any atom is 0.418 e. The summed E-state index contributed by atoms with van der Waals surface area (Å²) in [4.78, 5) is 24.9. The van der Waals surface area contributed by atoms with E-state index in [2.05, 4.69) is 10.4 Å². The fourth-order valence-corrected chi connectivity index (χ4v) is 2.81. The van der Waals surface area contributed by atoms with E-state index in [1.807, 2.05) is 0 Å². The van der Waals surface area contributed by atoms with Crippen LogP contribution in [0.15, 0.2) is 41.3 Å². The zero-order chi connectivity index (χ0) is 18.0. The van der Waals surface area contributed by atoms with Gasteiger partial charge in [0, 0.05) is 25.4 Å². The molecule has 9 heteroatoms. The number of carbonyl (C=O) groups excluding carboxylic acids is 1. The number of amides is 2. The van der Waals surface area contributed by atoms with Gasteiger partial charge in [-0.3, -0.25) is 9.69 Å². The molecule has 0 aliphatic carbocycles. The third-order valence-corrected chi connectivity index (χ3v) is 3.93. The molecule has 25 heavy (non-hydrogen) atoms. The summed E-state index contributed by atoms with van der Waals surface area (Å²) >= 11 is 0. The number of urea groups is 1. The van der Waals surface area contributed by atoms with Crippen LogP contribution in [0.5, 0.6) is 0 Å². The normalized spacial score (nSPS) is 13.6. The van der Waals surface area contributed by atoms with Crippen LogP contribution in [0.3, 0.4) is 0 Å². The van der Waals surface area contributed by atoms with Gasteiger partial charge in [-0.15, -0.1) is 0 Å². The standard InChI is InChI=1S/C16H15F3N4O2/c17-16(18,19)12-4-1-3-11-6-9-22(14(11)12)15(25)20-8-10-23-13(24)5-2-7-21-23/h1-5,7H,6,8-10H2,(H,20,25). The van der Waals surface area contributed by atoms with Crippen molar-refractivity contribution in [1.29, 1.82) is 0 Å². The number of alkyl halides is 3. The minimum Gasteiger partial charge on any atom is -0.336 e. The van der Waals surface area contributed by atoms with E-state index in [0.29, 0.717) is 12.0 Å². The summed E-state index contributed by atoms with van der Waals surface area (Å²) in [6.45, 7) is 0.389. The third-order valence-electron chi connectivity index (χ3n) is 3.93. The lowest BCUT2D eigenvalue weighted by Gasteiger charge is -2.22. The molecule has 0 radical (unpaired) electrons. The van der Waals surface area contributed by atoms with E-state index in [4.69, 9.17) is 0 Å². The summed E-state index contributed by atoms with van der Waals surface area (Å²) in [6, 6.07) is 6.11. The van der Waals surface area contributed by atoms with E-state index in [-0.39, 0.29) is 30.9 Å². The number of hydrogen-bond acceptors (Lipinski definition) is 3. The zero-order valence-electron chi connectivity index (χ0n) is 13.1. The zero-order valence-corrected chi connectivity index (χ0v) is 13.1. The third kappa shape index (κ3) is 3.49. The molecule has 0 fully saturated rings. The van der Waals surface area contributed by atoms with Crippen molar-refractivity contribution in [3.63, 3.8) is 0 Å². The Morgan fingerprint density at radius 3 is 2.76 bits per heavy atom. The van der Waals surface area contributed by atoms with Gasteiger partial charge in [0.1, 0.15) is 0 Å². The predicted molar refractivity (Wildman–Crippen MR) is 84.4 cm³/mol. The molecule has 1 aliphatic rings. The summed E-state index contributed by atoms with van der Waals surface area (Å²) in [7, 11) is 0. The smallest absolute Gasteiger partial charge is 0.336 e. The number of nitrogens with one attached hydrogen (secondary N) is 1. The van der Waals surface area contributed by atoms with Gasteiger partial charge in [0.05, 0.1) is 17.8 Å². The number of halogens is 3. The van der Waals surface area contributed by atoms with Crippen LogP contribution in [-0.4, -0.2) is 28.9 Å². The Morgan fingerprint density at radius 1 is 1.24 bits per heavy atom. The fourth-order valence-electron chi connectivity index (χ4n) is 2.81. The monoisotopic (exact) mass is 352 g/mol. The van der Waals surface area contributed by atoms with Crippen molar-refractivity contribution in [1.82, 2.24) is 15.1 Å². The Balaban J connectivity index is 1.72. The van der Waals surface area contributed by atoms with Crippen LogP contribution in [0.1, 0.15) is 11.1 Å². The molecular weight excluding hydrogens is 337 g/mol. The first-order chi connectivity index (χ1) is 11.9. The molecule has 1 aromatic heterocycles. The van der Waals surface area contributed by atoms with Gasteiger partial charge in [-0.05, 0) is 24.1 Å². The average Bonchev–Trinajstić information content (AvgIpc) is 2.99. The molecule has 1 aromatic carbocycles. The Bertz CT molecular complexity index is 848. The average molecular weight is 352 g/mol. The van der Waals surface area contributed by atoms with E-state index >= 15 is 0 Å². The lowest BCUT2D eigenvalue weighted by atomic mass is 10.1. The van der Waals surface area contributed by atoms with Crippen LogP contribution in [0, 0.1) is 0 Å². The number of benzene rings is 1. The minimum absolute atomic E-state index is 0.0791. The second-order valence-corrected chi connectivity index (χ2v) is 5.53. The number of carbonyl (C=O) groups is 1. The molecule has 1 aliphatic heterocycles. The number of nitrogens with zero attached hydrogens (tertiary/aromatic N) is 3. The van der Waals surface area contributed by atoms with Crippen molar-refractivity contribution >= 4 is 11.7 Å². The van der Waals surface area contributed by atoms with E-state index in [1.54, 1.807) is 6.07 Å². The second kappa shape index (κ2) is 6.58. The van der Waals surface area contributed by atoms with Crippen LogP contribution in [-0.2, 0) is 19.1 Å². The summed E-state index contributed by atoms with van der Waals surface area (Å²) in [5.41, 5.74) is -0.741. The summed E-state index contributed by atoms with van der Waals surface area (Å²) < 4.78 is 40.7. The van der Waals surface area contributed by atoms with Gasteiger partial charge < -0.3 is 5.32 Å². The molecule has 2 amide bonds. The maximum atomic E-state index is 13.2. The minimum atomic E-state index is -4.53.